The van der Waals surface area contributed by atoms with Crippen LogP contribution in [0.25, 0.3) is 0 Å². The molecule has 2 heterocycles. The van der Waals surface area contributed by atoms with Crippen LogP contribution in [0.2, 0.25) is 0 Å². The average molecular weight is 337 g/mol. The van der Waals surface area contributed by atoms with Crippen LogP contribution in [-0.2, 0) is 6.54 Å². The summed E-state index contributed by atoms with van der Waals surface area (Å²) in [5.74, 6) is 0.0231. The summed E-state index contributed by atoms with van der Waals surface area (Å²) in [5.41, 5.74) is 1.71. The minimum absolute atomic E-state index is 0.0231. The van der Waals surface area contributed by atoms with E-state index in [0.29, 0.717) is 22.9 Å². The highest BCUT2D eigenvalue weighted by Crippen LogP contribution is 2.30. The molecule has 0 aromatic carbocycles. The smallest absolute Gasteiger partial charge is 0.273 e. The number of carbonyl (C=O) groups is 1. The molecule has 1 fully saturated rings. The molecule has 0 aliphatic heterocycles. The van der Waals surface area contributed by atoms with E-state index in [-0.39, 0.29) is 5.91 Å². The van der Waals surface area contributed by atoms with E-state index in [1.165, 1.54) is 5.56 Å². The van der Waals surface area contributed by atoms with Gasteiger partial charge in [0.05, 0.1) is 0 Å². The molecule has 0 atom stereocenters. The molecule has 1 aliphatic carbocycles. The van der Waals surface area contributed by atoms with Crippen molar-refractivity contribution >= 4 is 33.2 Å². The third-order valence-corrected chi connectivity index (χ3v) is 4.29. The standard InChI is InChI=1S/C14H13BrN2OS/c15-13-3-1-2-12(16-13)14(18)17(11-4-5-11)8-10-6-7-19-9-10/h1-3,6-7,9,11H,4-5,8H2. The summed E-state index contributed by atoms with van der Waals surface area (Å²) >= 11 is 4.98. The second-order valence-corrected chi connectivity index (χ2v) is 6.23. The van der Waals surface area contributed by atoms with E-state index in [9.17, 15) is 4.79 Å². The number of rotatable bonds is 4. The summed E-state index contributed by atoms with van der Waals surface area (Å²) in [5, 5.41) is 4.14. The molecule has 1 amide bonds. The quantitative estimate of drug-likeness (QED) is 0.797. The van der Waals surface area contributed by atoms with E-state index in [2.05, 4.69) is 32.4 Å². The van der Waals surface area contributed by atoms with Crippen LogP contribution in [-0.4, -0.2) is 21.8 Å². The molecular weight excluding hydrogens is 324 g/mol. The van der Waals surface area contributed by atoms with Gasteiger partial charge >= 0.3 is 0 Å². The van der Waals surface area contributed by atoms with Gasteiger partial charge in [-0.2, -0.15) is 11.3 Å². The summed E-state index contributed by atoms with van der Waals surface area (Å²) < 4.78 is 0.699. The number of halogens is 1. The van der Waals surface area contributed by atoms with Crippen molar-refractivity contribution in [2.75, 3.05) is 0 Å². The van der Waals surface area contributed by atoms with Crippen LogP contribution in [0.4, 0.5) is 0 Å². The van der Waals surface area contributed by atoms with Gasteiger partial charge in [-0.05, 0) is 63.3 Å². The van der Waals surface area contributed by atoms with Gasteiger partial charge in [-0.3, -0.25) is 4.79 Å². The van der Waals surface area contributed by atoms with Gasteiger partial charge in [-0.25, -0.2) is 4.98 Å². The van der Waals surface area contributed by atoms with Gasteiger partial charge in [0, 0.05) is 12.6 Å². The molecule has 5 heteroatoms. The first-order chi connectivity index (χ1) is 9.24. The third kappa shape index (κ3) is 3.04. The van der Waals surface area contributed by atoms with Gasteiger partial charge in [0.1, 0.15) is 10.3 Å². The Morgan fingerprint density at radius 3 is 2.89 bits per heavy atom. The first-order valence-corrected chi connectivity index (χ1v) is 7.92. The zero-order valence-electron chi connectivity index (χ0n) is 10.3. The van der Waals surface area contributed by atoms with Gasteiger partial charge in [0.2, 0.25) is 0 Å². The zero-order valence-corrected chi connectivity index (χ0v) is 12.7. The van der Waals surface area contributed by atoms with E-state index in [0.717, 1.165) is 12.8 Å². The Bertz CT molecular complexity index is 581. The number of pyridine rings is 1. The fourth-order valence-corrected chi connectivity index (χ4v) is 3.01. The van der Waals surface area contributed by atoms with Crippen LogP contribution in [0.3, 0.4) is 0 Å². The predicted octanol–water partition coefficient (Wildman–Crippen LogP) is 3.71. The Kier molecular flexibility index (Phi) is 3.66. The lowest BCUT2D eigenvalue weighted by atomic mass is 10.2. The van der Waals surface area contributed by atoms with E-state index in [4.69, 9.17) is 0 Å². The molecule has 0 radical (unpaired) electrons. The fraction of sp³-hybridized carbons (Fsp3) is 0.286. The number of thiophene rings is 1. The van der Waals surface area contributed by atoms with Gasteiger partial charge in [0.25, 0.3) is 5.91 Å². The van der Waals surface area contributed by atoms with Crippen LogP contribution in [0, 0.1) is 0 Å². The summed E-state index contributed by atoms with van der Waals surface area (Å²) in [6.45, 7) is 0.682. The van der Waals surface area contributed by atoms with E-state index >= 15 is 0 Å². The first-order valence-electron chi connectivity index (χ1n) is 6.18. The topological polar surface area (TPSA) is 33.2 Å². The summed E-state index contributed by atoms with van der Waals surface area (Å²) in [6, 6.07) is 7.91. The molecule has 1 saturated carbocycles. The highest BCUT2D eigenvalue weighted by Gasteiger charge is 2.33. The lowest BCUT2D eigenvalue weighted by molar-refractivity contribution is 0.0724. The van der Waals surface area contributed by atoms with Crippen LogP contribution in [0.15, 0.2) is 39.6 Å². The lowest BCUT2D eigenvalue weighted by Gasteiger charge is -2.21. The zero-order chi connectivity index (χ0) is 13.2. The van der Waals surface area contributed by atoms with Gasteiger partial charge in [-0.15, -0.1) is 0 Å². The number of aromatic nitrogens is 1. The molecule has 3 rings (SSSR count). The van der Waals surface area contributed by atoms with Gasteiger partial charge in [-0.1, -0.05) is 6.07 Å². The minimum Gasteiger partial charge on any atom is -0.330 e. The Labute approximate surface area is 124 Å². The molecular formula is C14H13BrN2OS. The van der Waals surface area contributed by atoms with Crippen LogP contribution >= 0.6 is 27.3 Å². The lowest BCUT2D eigenvalue weighted by Crippen LogP contribution is -2.33. The Hall–Kier alpha value is -1.20. The SMILES string of the molecule is O=C(c1cccc(Br)n1)N(Cc1ccsc1)C1CC1. The molecule has 19 heavy (non-hydrogen) atoms. The molecule has 0 unspecified atom stereocenters. The summed E-state index contributed by atoms with van der Waals surface area (Å²) in [4.78, 5) is 18.8. The molecule has 2 aromatic heterocycles. The first kappa shape index (κ1) is 12.8. The van der Waals surface area contributed by atoms with Crippen molar-refractivity contribution in [2.45, 2.75) is 25.4 Å². The molecule has 0 bridgehead atoms. The maximum absolute atomic E-state index is 12.6. The monoisotopic (exact) mass is 336 g/mol. The van der Waals surface area contributed by atoms with Gasteiger partial charge < -0.3 is 4.90 Å². The van der Waals surface area contributed by atoms with Crippen molar-refractivity contribution in [1.29, 1.82) is 0 Å². The number of amides is 1. The van der Waals surface area contributed by atoms with Crippen molar-refractivity contribution in [3.05, 3.63) is 50.9 Å². The summed E-state index contributed by atoms with van der Waals surface area (Å²) in [7, 11) is 0. The minimum atomic E-state index is 0.0231. The largest absolute Gasteiger partial charge is 0.330 e. The fourth-order valence-electron chi connectivity index (χ4n) is 2.01. The maximum atomic E-state index is 12.6. The molecule has 3 nitrogen and oxygen atoms in total. The van der Waals surface area contributed by atoms with Crippen LogP contribution in [0.1, 0.15) is 28.9 Å². The van der Waals surface area contributed by atoms with Crippen molar-refractivity contribution < 1.29 is 4.79 Å². The predicted molar refractivity (Wildman–Crippen MR) is 79.2 cm³/mol. The highest BCUT2D eigenvalue weighted by molar-refractivity contribution is 9.10. The van der Waals surface area contributed by atoms with Crippen LogP contribution in [0.5, 0.6) is 0 Å². The molecule has 2 aromatic rings. The highest BCUT2D eigenvalue weighted by atomic mass is 79.9. The summed E-state index contributed by atoms with van der Waals surface area (Å²) in [6.07, 6.45) is 2.20. The molecule has 98 valence electrons. The second kappa shape index (κ2) is 5.43. The molecule has 0 spiro atoms. The third-order valence-electron chi connectivity index (χ3n) is 3.12. The van der Waals surface area contributed by atoms with Crippen molar-refractivity contribution in [2.24, 2.45) is 0 Å². The molecule has 0 N–H and O–H groups in total. The Balaban J connectivity index is 1.82. The van der Waals surface area contributed by atoms with E-state index < -0.39 is 0 Å². The Morgan fingerprint density at radius 2 is 2.26 bits per heavy atom. The maximum Gasteiger partial charge on any atom is 0.273 e. The Morgan fingerprint density at radius 1 is 1.42 bits per heavy atom. The van der Waals surface area contributed by atoms with Crippen LogP contribution < -0.4 is 0 Å². The van der Waals surface area contributed by atoms with Crippen molar-refractivity contribution in [3.63, 3.8) is 0 Å². The van der Waals surface area contributed by atoms with Gasteiger partial charge in [0.15, 0.2) is 0 Å². The number of nitrogens with zero attached hydrogens (tertiary/aromatic N) is 2. The van der Waals surface area contributed by atoms with Crippen molar-refractivity contribution in [1.82, 2.24) is 9.88 Å². The second-order valence-electron chi connectivity index (χ2n) is 4.64. The molecule has 0 saturated heterocycles. The van der Waals surface area contributed by atoms with Crippen molar-refractivity contribution in [3.8, 4) is 0 Å². The normalized spacial score (nSPS) is 14.4. The number of hydrogen-bond donors (Lipinski definition) is 0. The van der Waals surface area contributed by atoms with E-state index in [1.54, 1.807) is 17.4 Å². The van der Waals surface area contributed by atoms with E-state index in [1.807, 2.05) is 22.4 Å². The number of carbonyl (C=O) groups excluding carboxylic acids is 1. The average Bonchev–Trinajstić information content (AvgIpc) is 3.12. The number of hydrogen-bond acceptors (Lipinski definition) is 3. The molecule has 1 aliphatic rings.